The number of amides is 2. The highest BCUT2D eigenvalue weighted by atomic mass is 16.7. The highest BCUT2D eigenvalue weighted by Gasteiger charge is 2.41. The van der Waals surface area contributed by atoms with Crippen molar-refractivity contribution in [2.45, 2.75) is 194 Å². The minimum Gasteiger partial charge on any atom is -0.460 e. The maximum atomic E-state index is 13.0. The summed E-state index contributed by atoms with van der Waals surface area (Å²) in [6.45, 7) is 21.5. The molecule has 0 aliphatic carbocycles. The van der Waals surface area contributed by atoms with Crippen molar-refractivity contribution in [3.63, 3.8) is 0 Å². The molecule has 27 nitrogen and oxygen atoms in total. The van der Waals surface area contributed by atoms with E-state index >= 15 is 0 Å². The minimum absolute atomic E-state index is 0.0262. The van der Waals surface area contributed by atoms with E-state index in [1.165, 1.54) is 40.9 Å². The molecule has 4 fully saturated rings. The van der Waals surface area contributed by atoms with Gasteiger partial charge in [0.2, 0.25) is 0 Å². The van der Waals surface area contributed by atoms with Crippen molar-refractivity contribution in [3.05, 3.63) is 137 Å². The second-order valence-electron chi connectivity index (χ2n) is 25.4. The van der Waals surface area contributed by atoms with E-state index in [9.17, 15) is 53.4 Å². The van der Waals surface area contributed by atoms with Gasteiger partial charge in [-0.2, -0.15) is 0 Å². The number of aryl methyl sites for hydroxylation is 2. The summed E-state index contributed by atoms with van der Waals surface area (Å²) in [6.07, 6.45) is 2.99. The number of aliphatic hydroxyl groups is 2. The number of carbonyl (C=O) groups excluding carboxylic acids is 5. The van der Waals surface area contributed by atoms with E-state index in [0.717, 1.165) is 63.7 Å². The molecule has 0 spiro atoms. The number of esters is 2. The fraction of sp³-hybridized carbons (Fsp3) is 0.615. The Bertz CT molecular complexity index is 3270. The van der Waals surface area contributed by atoms with Gasteiger partial charge in [0.1, 0.15) is 61.3 Å². The van der Waals surface area contributed by atoms with Crippen LogP contribution in [0.15, 0.2) is 92.2 Å². The molecule has 2 aromatic carbocycles. The molecular weight excluding hydrogens is 1200 g/mol. The van der Waals surface area contributed by atoms with Gasteiger partial charge in [0.15, 0.2) is 0 Å². The van der Waals surface area contributed by atoms with E-state index in [0.29, 0.717) is 43.9 Å². The second-order valence-corrected chi connectivity index (χ2v) is 25.4. The smallest absolute Gasteiger partial charge is 0.460 e. The van der Waals surface area contributed by atoms with Gasteiger partial charge in [0.25, 0.3) is 11.1 Å². The van der Waals surface area contributed by atoms with Crippen LogP contribution in [0.3, 0.4) is 0 Å². The van der Waals surface area contributed by atoms with Gasteiger partial charge >= 0.3 is 41.7 Å². The molecule has 2 aromatic heterocycles. The predicted octanol–water partition coefficient (Wildman–Crippen LogP) is 5.84. The average molecular weight is 1290 g/mol. The van der Waals surface area contributed by atoms with E-state index in [4.69, 9.17) is 37.9 Å². The van der Waals surface area contributed by atoms with E-state index in [1.807, 2.05) is 95.0 Å². The highest BCUT2D eigenvalue weighted by Crippen LogP contribution is 2.32. The molecule has 2 amide bonds. The van der Waals surface area contributed by atoms with E-state index in [1.54, 1.807) is 18.7 Å². The zero-order chi connectivity index (χ0) is 67.3. The lowest BCUT2D eigenvalue weighted by molar-refractivity contribution is -0.151. The molecule has 4 aromatic rings. The van der Waals surface area contributed by atoms with Gasteiger partial charge in [-0.3, -0.25) is 48.1 Å². The number of rotatable bonds is 20. The van der Waals surface area contributed by atoms with Gasteiger partial charge in [-0.1, -0.05) is 60.7 Å². The van der Waals surface area contributed by atoms with Crippen LogP contribution in [0.5, 0.6) is 0 Å². The Morgan fingerprint density at radius 3 is 1.43 bits per heavy atom. The van der Waals surface area contributed by atoms with Crippen molar-refractivity contribution in [3.8, 4) is 0 Å². The Hall–Kier alpha value is -7.69. The minimum atomic E-state index is -0.927. The van der Waals surface area contributed by atoms with Crippen LogP contribution < -0.4 is 22.5 Å². The predicted molar refractivity (Wildman–Crippen MR) is 336 cm³/mol. The standard InChI is InChI=1S/C33H46N4O10.C20H32N2O3.C12H16N2O6/c1-22-18-37(30(40)34-29(22)39)28-17-26(45-23(2)38)27(46-28)21-44-32(42)43-16-15-35(19-24-11-7-6-8-12-24)20-25-13-9-10-14-36(25)31(41)47-33(3,4)5;1-20(2,3)25-19(24)22-12-8-7-11-18(22)16-21(13-14-23)15-17-9-5-4-6-10-17;1-6-4-14(12(18)13-11(6)17)10-3-8(19-7(2)16)9(5-15)20-10/h6-8,11-12,18,25-28H,9-10,13-17,19-21H2,1-5H3,(H,34,39,40);4-6,9-10,18,23H,7-8,11-16H2,1-3H3;4,8-10,15H,3,5H2,1-2H3,(H,13,17,18)/t25?,26?,27-,28-;;8?,9-,10-/m1.1/s1. The molecule has 4 N–H and O–H groups in total. The maximum absolute atomic E-state index is 13.0. The van der Waals surface area contributed by atoms with Crippen LogP contribution in [0, 0.1) is 13.8 Å². The van der Waals surface area contributed by atoms with Gasteiger partial charge in [-0.15, -0.1) is 0 Å². The lowest BCUT2D eigenvalue weighted by Crippen LogP contribution is -2.51. The number of hydrogen-bond acceptors (Lipinski definition) is 21. The van der Waals surface area contributed by atoms with Gasteiger partial charge in [-0.05, 0) is 105 Å². The molecule has 92 heavy (non-hydrogen) atoms. The summed E-state index contributed by atoms with van der Waals surface area (Å²) in [4.78, 5) is 121. The first kappa shape index (κ1) is 73.4. The van der Waals surface area contributed by atoms with Crippen molar-refractivity contribution in [1.29, 1.82) is 0 Å². The zero-order valence-electron chi connectivity index (χ0n) is 54.7. The maximum Gasteiger partial charge on any atom is 0.508 e. The number of likely N-dealkylation sites (tertiary alicyclic amines) is 2. The molecule has 27 heteroatoms. The quantitative estimate of drug-likeness (QED) is 0.0597. The Labute approximate surface area is 535 Å². The van der Waals surface area contributed by atoms with E-state index in [2.05, 4.69) is 31.9 Å². The van der Waals surface area contributed by atoms with Crippen LogP contribution in [-0.2, 0) is 60.6 Å². The number of H-pyrrole nitrogens is 2. The Morgan fingerprint density at radius 2 is 1.02 bits per heavy atom. The number of ether oxygens (including phenoxy) is 8. The Kier molecular flexibility index (Phi) is 27.8. The number of piperidine rings is 2. The first-order valence-corrected chi connectivity index (χ1v) is 31.4. The number of nitrogens with one attached hydrogen (secondary N) is 2. The fourth-order valence-corrected chi connectivity index (χ4v) is 11.2. The number of hydrogen-bond donors (Lipinski definition) is 4. The molecule has 8 atom stereocenters. The number of aromatic amines is 2. The third-order valence-electron chi connectivity index (χ3n) is 15.4. The Morgan fingerprint density at radius 1 is 0.598 bits per heavy atom. The van der Waals surface area contributed by atoms with Crippen LogP contribution >= 0.6 is 0 Å². The number of benzene rings is 2. The van der Waals surface area contributed by atoms with Crippen LogP contribution in [0.25, 0.3) is 0 Å². The van der Waals surface area contributed by atoms with Crippen LogP contribution in [-0.4, -0.2) is 193 Å². The summed E-state index contributed by atoms with van der Waals surface area (Å²) < 4.78 is 46.3. The molecule has 0 saturated carbocycles. The molecule has 8 rings (SSSR count). The number of aromatic nitrogens is 4. The van der Waals surface area contributed by atoms with Crippen LogP contribution in [0.2, 0.25) is 0 Å². The monoisotopic (exact) mass is 1290 g/mol. The summed E-state index contributed by atoms with van der Waals surface area (Å²) >= 11 is 0. The molecule has 0 bridgehead atoms. The van der Waals surface area contributed by atoms with Gasteiger partial charge < -0.3 is 57.9 Å². The summed E-state index contributed by atoms with van der Waals surface area (Å²) in [7, 11) is 0. The Balaban J connectivity index is 0.000000248. The number of nitrogens with zero attached hydrogens (tertiary/aromatic N) is 6. The van der Waals surface area contributed by atoms with Gasteiger partial charge in [0.05, 0.1) is 13.2 Å². The molecule has 6 heterocycles. The van der Waals surface area contributed by atoms with Crippen molar-refractivity contribution in [1.82, 2.24) is 38.7 Å². The third-order valence-corrected chi connectivity index (χ3v) is 15.4. The van der Waals surface area contributed by atoms with Crippen LogP contribution in [0.4, 0.5) is 14.4 Å². The molecule has 4 aliphatic heterocycles. The summed E-state index contributed by atoms with van der Waals surface area (Å²) in [5.74, 6) is -1.04. The summed E-state index contributed by atoms with van der Waals surface area (Å²) in [6, 6.07) is 20.2. The summed E-state index contributed by atoms with van der Waals surface area (Å²) in [5.41, 5.74) is -0.350. The molecule has 4 aliphatic rings. The lowest BCUT2D eigenvalue weighted by Gasteiger charge is -2.39. The SMILES string of the molecule is CC(=O)OC1C[C@H](n2cc(C)c(=O)[nH]c2=O)O[C@@H]1CO.CC(=O)OC1C[C@H](n2cc(C)c(=O)[nH]c2=O)O[C@@H]1COC(=O)OCCN(Cc1ccccc1)CC1CCCCN1C(=O)OC(C)(C)C.CC(C)(C)OC(=O)N1CCCCC1CN(CCO)Cc1ccccc1. The normalized spacial score (nSPS) is 21.5. The van der Waals surface area contributed by atoms with Crippen molar-refractivity contribution < 1.29 is 72.1 Å². The second kappa shape index (κ2) is 34.8. The summed E-state index contributed by atoms with van der Waals surface area (Å²) in [5, 5.41) is 18.6. The van der Waals surface area contributed by atoms with Crippen molar-refractivity contribution in [2.24, 2.45) is 0 Å². The zero-order valence-corrected chi connectivity index (χ0v) is 54.7. The largest absolute Gasteiger partial charge is 0.508 e. The van der Waals surface area contributed by atoms with Crippen LogP contribution in [0.1, 0.15) is 141 Å². The van der Waals surface area contributed by atoms with Crippen molar-refractivity contribution in [2.75, 3.05) is 65.7 Å². The van der Waals surface area contributed by atoms with E-state index in [-0.39, 0.29) is 63.5 Å². The molecular formula is C65H94N8O19. The van der Waals surface area contributed by atoms with Crippen molar-refractivity contribution >= 4 is 30.3 Å². The molecule has 4 unspecified atom stereocenters. The lowest BCUT2D eigenvalue weighted by atomic mass is 10.0. The fourth-order valence-electron chi connectivity index (χ4n) is 11.2. The highest BCUT2D eigenvalue weighted by molar-refractivity contribution is 5.69. The third kappa shape index (κ3) is 23.5. The first-order valence-electron chi connectivity index (χ1n) is 31.4. The molecule has 508 valence electrons. The first-order chi connectivity index (χ1) is 43.6. The van der Waals surface area contributed by atoms with Gasteiger partial charge in [0, 0.05) is 115 Å². The number of aliphatic hydroxyl groups excluding tert-OH is 2. The molecule has 0 radical (unpaired) electrons. The number of carbonyl (C=O) groups is 5. The molecule has 4 saturated heterocycles. The topological polar surface area (TPSA) is 322 Å². The average Bonchev–Trinajstić information content (AvgIpc) is 1.65. The van der Waals surface area contributed by atoms with Gasteiger partial charge in [-0.25, -0.2) is 24.0 Å². The van der Waals surface area contributed by atoms with E-state index < -0.39 is 88.7 Å².